The first-order valence-electron chi connectivity index (χ1n) is 6.92. The van der Waals surface area contributed by atoms with Gasteiger partial charge in [-0.25, -0.2) is 0 Å². The molecule has 0 saturated heterocycles. The molecule has 0 aliphatic heterocycles. The normalized spacial score (nSPS) is 17.6. The third-order valence-electron chi connectivity index (χ3n) is 4.02. The van der Waals surface area contributed by atoms with Crippen LogP contribution in [0, 0.1) is 6.92 Å². The Bertz CT molecular complexity index is 637. The third-order valence-corrected chi connectivity index (χ3v) is 5.38. The summed E-state index contributed by atoms with van der Waals surface area (Å²) in [7, 11) is 0. The zero-order chi connectivity index (χ0) is 14.1. The molecule has 0 aromatic heterocycles. The number of rotatable bonds is 2. The number of hydrogen-bond acceptors (Lipinski definition) is 1. The maximum Gasteiger partial charge on any atom is 0.0383 e. The summed E-state index contributed by atoms with van der Waals surface area (Å²) in [6.07, 6.45) is 3.45. The number of fused-ring (bicyclic) bond motifs is 1. The molecule has 0 saturated carbocycles. The largest absolute Gasteiger partial charge is 0.382 e. The topological polar surface area (TPSA) is 12.0 Å². The summed E-state index contributed by atoms with van der Waals surface area (Å²) in [5, 5.41) is 3.70. The molecule has 104 valence electrons. The van der Waals surface area contributed by atoms with E-state index in [4.69, 9.17) is 0 Å². The van der Waals surface area contributed by atoms with Crippen molar-refractivity contribution >= 4 is 37.5 Å². The molecule has 0 fully saturated rings. The Morgan fingerprint density at radius 2 is 1.95 bits per heavy atom. The van der Waals surface area contributed by atoms with Crippen molar-refractivity contribution in [1.82, 2.24) is 0 Å². The molecular formula is C17H17Br2N. The van der Waals surface area contributed by atoms with Crippen LogP contribution in [-0.2, 0) is 12.8 Å². The molecule has 1 aliphatic rings. The van der Waals surface area contributed by atoms with Gasteiger partial charge in [-0.1, -0.05) is 44.0 Å². The zero-order valence-electron chi connectivity index (χ0n) is 11.4. The number of nitrogens with one attached hydrogen (secondary N) is 1. The maximum absolute atomic E-state index is 3.70. The fraction of sp³-hybridized carbons (Fsp3) is 0.294. The maximum atomic E-state index is 3.70. The van der Waals surface area contributed by atoms with Gasteiger partial charge in [-0.05, 0) is 67.1 Å². The summed E-state index contributed by atoms with van der Waals surface area (Å²) in [4.78, 5) is 0. The number of anilines is 1. The van der Waals surface area contributed by atoms with Crippen LogP contribution >= 0.6 is 31.9 Å². The van der Waals surface area contributed by atoms with Crippen LogP contribution in [0.5, 0.6) is 0 Å². The van der Waals surface area contributed by atoms with Gasteiger partial charge in [-0.3, -0.25) is 0 Å². The molecule has 1 nitrogen and oxygen atoms in total. The summed E-state index contributed by atoms with van der Waals surface area (Å²) in [5.74, 6) is 0. The van der Waals surface area contributed by atoms with Gasteiger partial charge < -0.3 is 5.32 Å². The highest BCUT2D eigenvalue weighted by molar-refractivity contribution is 9.10. The van der Waals surface area contributed by atoms with Crippen LogP contribution in [0.3, 0.4) is 0 Å². The van der Waals surface area contributed by atoms with E-state index in [9.17, 15) is 0 Å². The van der Waals surface area contributed by atoms with Gasteiger partial charge in [-0.15, -0.1) is 0 Å². The average molecular weight is 395 g/mol. The van der Waals surface area contributed by atoms with Crippen LogP contribution in [0.1, 0.15) is 23.1 Å². The van der Waals surface area contributed by atoms with Gasteiger partial charge in [0.2, 0.25) is 0 Å². The molecule has 0 heterocycles. The second-order valence-electron chi connectivity index (χ2n) is 5.41. The Kier molecular flexibility index (Phi) is 4.18. The first-order chi connectivity index (χ1) is 9.63. The molecule has 3 rings (SSSR count). The van der Waals surface area contributed by atoms with Crippen LogP contribution in [0.4, 0.5) is 5.69 Å². The van der Waals surface area contributed by atoms with E-state index in [1.54, 1.807) is 0 Å². The van der Waals surface area contributed by atoms with E-state index in [1.165, 1.54) is 37.7 Å². The lowest BCUT2D eigenvalue weighted by Gasteiger charge is -2.27. The zero-order valence-corrected chi connectivity index (χ0v) is 14.6. The molecule has 1 aliphatic carbocycles. The van der Waals surface area contributed by atoms with Crippen LogP contribution in [0.2, 0.25) is 0 Å². The molecule has 1 atom stereocenters. The van der Waals surface area contributed by atoms with Crippen LogP contribution in [0.15, 0.2) is 45.3 Å². The summed E-state index contributed by atoms with van der Waals surface area (Å²) in [6, 6.07) is 13.5. The summed E-state index contributed by atoms with van der Waals surface area (Å²) in [6.45, 7) is 2.15. The smallest absolute Gasteiger partial charge is 0.0383 e. The lowest BCUT2D eigenvalue weighted by molar-refractivity contribution is 0.610. The summed E-state index contributed by atoms with van der Waals surface area (Å²) < 4.78 is 2.35. The predicted molar refractivity (Wildman–Crippen MR) is 92.5 cm³/mol. The van der Waals surface area contributed by atoms with Crippen molar-refractivity contribution in [2.75, 3.05) is 5.32 Å². The number of halogens is 2. The Morgan fingerprint density at radius 3 is 2.80 bits per heavy atom. The van der Waals surface area contributed by atoms with E-state index in [1.807, 2.05) is 0 Å². The van der Waals surface area contributed by atoms with Gasteiger partial charge in [0, 0.05) is 20.7 Å². The molecule has 3 heteroatoms. The lowest BCUT2D eigenvalue weighted by Crippen LogP contribution is -2.27. The first kappa shape index (κ1) is 14.2. The Labute approximate surface area is 137 Å². The van der Waals surface area contributed by atoms with Gasteiger partial charge in [0.05, 0.1) is 0 Å². The fourth-order valence-electron chi connectivity index (χ4n) is 2.83. The molecule has 2 aromatic carbocycles. The SMILES string of the molecule is Cc1c(Br)cccc1NC1CCc2cc(Br)ccc2C1. The quantitative estimate of drug-likeness (QED) is 0.709. The predicted octanol–water partition coefficient (Wildman–Crippen LogP) is 5.49. The second kappa shape index (κ2) is 5.90. The summed E-state index contributed by atoms with van der Waals surface area (Å²) >= 11 is 7.16. The van der Waals surface area contributed by atoms with Crippen molar-refractivity contribution in [1.29, 1.82) is 0 Å². The van der Waals surface area contributed by atoms with Gasteiger partial charge in [0.15, 0.2) is 0 Å². The van der Waals surface area contributed by atoms with Crippen molar-refractivity contribution in [3.8, 4) is 0 Å². The van der Waals surface area contributed by atoms with E-state index >= 15 is 0 Å². The van der Waals surface area contributed by atoms with Crippen LogP contribution in [-0.4, -0.2) is 6.04 Å². The van der Waals surface area contributed by atoms with Gasteiger partial charge in [0.25, 0.3) is 0 Å². The highest BCUT2D eigenvalue weighted by atomic mass is 79.9. The molecular weight excluding hydrogens is 378 g/mol. The molecule has 0 spiro atoms. The first-order valence-corrected chi connectivity index (χ1v) is 8.51. The second-order valence-corrected chi connectivity index (χ2v) is 7.18. The molecule has 0 bridgehead atoms. The van der Waals surface area contributed by atoms with Crippen molar-refractivity contribution in [3.63, 3.8) is 0 Å². The molecule has 1 N–H and O–H groups in total. The standard InChI is InChI=1S/C17H17Br2N/c1-11-16(19)3-2-4-17(11)20-15-8-6-12-9-14(18)7-5-13(12)10-15/h2-5,7,9,15,20H,6,8,10H2,1H3. The fourth-order valence-corrected chi connectivity index (χ4v) is 3.61. The van der Waals surface area contributed by atoms with Crippen molar-refractivity contribution < 1.29 is 0 Å². The molecule has 2 aromatic rings. The van der Waals surface area contributed by atoms with Crippen LogP contribution < -0.4 is 5.32 Å². The van der Waals surface area contributed by atoms with Gasteiger partial charge in [0.1, 0.15) is 0 Å². The lowest BCUT2D eigenvalue weighted by atomic mass is 9.88. The van der Waals surface area contributed by atoms with Crippen molar-refractivity contribution in [2.45, 2.75) is 32.2 Å². The monoisotopic (exact) mass is 393 g/mol. The van der Waals surface area contributed by atoms with Gasteiger partial charge in [-0.2, -0.15) is 0 Å². The van der Waals surface area contributed by atoms with E-state index in [0.717, 1.165) is 12.8 Å². The molecule has 0 amide bonds. The Morgan fingerprint density at radius 1 is 1.10 bits per heavy atom. The Hall–Kier alpha value is -0.800. The number of aryl methyl sites for hydroxylation is 1. The van der Waals surface area contributed by atoms with E-state index < -0.39 is 0 Å². The molecule has 20 heavy (non-hydrogen) atoms. The third kappa shape index (κ3) is 2.94. The van der Waals surface area contributed by atoms with E-state index in [0.29, 0.717) is 6.04 Å². The molecule has 0 radical (unpaired) electrons. The number of hydrogen-bond donors (Lipinski definition) is 1. The van der Waals surface area contributed by atoms with Crippen molar-refractivity contribution in [2.24, 2.45) is 0 Å². The minimum Gasteiger partial charge on any atom is -0.382 e. The van der Waals surface area contributed by atoms with Crippen LogP contribution in [0.25, 0.3) is 0 Å². The Balaban J connectivity index is 1.77. The highest BCUT2D eigenvalue weighted by Crippen LogP contribution is 2.29. The minimum atomic E-state index is 0.525. The van der Waals surface area contributed by atoms with E-state index in [-0.39, 0.29) is 0 Å². The summed E-state index contributed by atoms with van der Waals surface area (Å²) in [5.41, 5.74) is 5.49. The van der Waals surface area contributed by atoms with Crippen molar-refractivity contribution in [3.05, 3.63) is 62.0 Å². The van der Waals surface area contributed by atoms with Gasteiger partial charge >= 0.3 is 0 Å². The number of benzene rings is 2. The van der Waals surface area contributed by atoms with E-state index in [2.05, 4.69) is 80.5 Å². The highest BCUT2D eigenvalue weighted by Gasteiger charge is 2.19. The minimum absolute atomic E-state index is 0.525. The molecule has 1 unspecified atom stereocenters. The average Bonchev–Trinajstić information content (AvgIpc) is 2.44.